The van der Waals surface area contributed by atoms with Gasteiger partial charge in [-0.05, 0) is 31.5 Å². The zero-order chi connectivity index (χ0) is 22.5. The highest BCUT2D eigenvalue weighted by Gasteiger charge is 2.21. The first kappa shape index (κ1) is 26.0. The molecule has 1 aliphatic heterocycles. The second kappa shape index (κ2) is 14.0. The second-order valence-corrected chi connectivity index (χ2v) is 7.90. The molecule has 0 unspecified atom stereocenters. The number of rotatable bonds is 3. The molecule has 2 fully saturated rings. The van der Waals surface area contributed by atoms with Crippen LogP contribution in [0.3, 0.4) is 0 Å². The number of carbonyl (C=O) groups excluding carboxylic acids is 1. The van der Waals surface area contributed by atoms with Gasteiger partial charge >= 0.3 is 0 Å². The average Bonchev–Trinajstić information content (AvgIpc) is 2.74. The Labute approximate surface area is 178 Å². The molecule has 168 valence electrons. The van der Waals surface area contributed by atoms with Crippen LogP contribution in [-0.2, 0) is 4.79 Å². The van der Waals surface area contributed by atoms with Gasteiger partial charge in [0.15, 0.2) is 17.5 Å². The van der Waals surface area contributed by atoms with E-state index in [9.17, 15) is 18.0 Å². The number of likely N-dealkylation sites (N-methyl/N-ethyl adjacent to an activating group) is 1. The third-order valence-electron chi connectivity index (χ3n) is 5.40. The lowest BCUT2D eigenvalue weighted by Gasteiger charge is -2.35. The molecule has 4 nitrogen and oxygen atoms in total. The Bertz CT molecular complexity index is 692. The maximum Gasteiger partial charge on any atom is 0.196 e. The van der Waals surface area contributed by atoms with E-state index in [0.717, 1.165) is 31.6 Å². The van der Waals surface area contributed by atoms with Gasteiger partial charge in [0, 0.05) is 26.2 Å². The molecule has 7 heteroatoms. The molecule has 0 amide bonds. The smallest absolute Gasteiger partial charge is 0.196 e. The third-order valence-corrected chi connectivity index (χ3v) is 5.40. The Morgan fingerprint density at radius 3 is 2.07 bits per heavy atom. The molecular weight excluding hydrogens is 391 g/mol. The molecule has 1 heterocycles. The molecule has 1 aliphatic carbocycles. The Hall–Kier alpha value is -2.07. The fourth-order valence-corrected chi connectivity index (χ4v) is 3.48. The van der Waals surface area contributed by atoms with Crippen LogP contribution in [0.15, 0.2) is 12.1 Å². The molecular formula is C23H34F3N3O. The van der Waals surface area contributed by atoms with Crippen LogP contribution in [0, 0.1) is 34.7 Å². The summed E-state index contributed by atoms with van der Waals surface area (Å²) in [7, 11) is 0. The van der Waals surface area contributed by atoms with E-state index in [0.29, 0.717) is 13.1 Å². The zero-order valence-electron chi connectivity index (χ0n) is 18.4. The zero-order valence-corrected chi connectivity index (χ0v) is 18.4. The highest BCUT2D eigenvalue weighted by atomic mass is 19.2. The maximum absolute atomic E-state index is 13.6. The highest BCUT2D eigenvalue weighted by molar-refractivity contribution is 5.77. The summed E-state index contributed by atoms with van der Waals surface area (Å²) in [5.41, 5.74) is 0.152. The molecule has 0 spiro atoms. The number of hydrogen-bond donors (Lipinski definition) is 0. The van der Waals surface area contributed by atoms with Crippen LogP contribution in [0.2, 0.25) is 0 Å². The first-order valence-electron chi connectivity index (χ1n) is 10.8. The molecule has 2 aliphatic rings. The highest BCUT2D eigenvalue weighted by Crippen LogP contribution is 2.24. The Kier molecular flexibility index (Phi) is 12.1. The monoisotopic (exact) mass is 425 g/mol. The molecule has 1 aromatic carbocycles. The lowest BCUT2D eigenvalue weighted by atomic mass is 9.91. The van der Waals surface area contributed by atoms with Gasteiger partial charge in [-0.15, -0.1) is 0 Å². The van der Waals surface area contributed by atoms with Crippen LogP contribution in [-0.4, -0.2) is 43.4 Å². The minimum Gasteiger partial charge on any atom is -0.367 e. The van der Waals surface area contributed by atoms with Crippen LogP contribution in [0.5, 0.6) is 0 Å². The second-order valence-electron chi connectivity index (χ2n) is 7.90. The van der Waals surface area contributed by atoms with E-state index in [1.165, 1.54) is 45.1 Å². The lowest BCUT2D eigenvalue weighted by molar-refractivity contribution is -0.116. The van der Waals surface area contributed by atoms with Crippen molar-refractivity contribution in [1.29, 1.82) is 5.26 Å². The number of nitriles is 1. The van der Waals surface area contributed by atoms with E-state index in [1.54, 1.807) is 11.0 Å². The van der Waals surface area contributed by atoms with Crippen LogP contribution in [0.4, 0.5) is 18.9 Å². The minimum absolute atomic E-state index is 0.0417. The van der Waals surface area contributed by atoms with Gasteiger partial charge in [0.2, 0.25) is 0 Å². The van der Waals surface area contributed by atoms with Crippen molar-refractivity contribution >= 4 is 11.5 Å². The molecule has 1 aromatic rings. The number of carbonyl (C=O) groups is 1. The van der Waals surface area contributed by atoms with Crippen molar-refractivity contribution in [2.24, 2.45) is 5.92 Å². The average molecular weight is 426 g/mol. The Morgan fingerprint density at radius 2 is 1.67 bits per heavy atom. The fourth-order valence-electron chi connectivity index (χ4n) is 3.48. The van der Waals surface area contributed by atoms with Crippen molar-refractivity contribution in [2.45, 2.75) is 59.3 Å². The van der Waals surface area contributed by atoms with E-state index in [1.807, 2.05) is 0 Å². The molecule has 0 aromatic heterocycles. The third kappa shape index (κ3) is 9.17. The minimum atomic E-state index is -1.39. The fraction of sp³-hybridized carbons (Fsp3) is 0.652. The Balaban J connectivity index is 0.000000285. The predicted molar refractivity (Wildman–Crippen MR) is 114 cm³/mol. The topological polar surface area (TPSA) is 47.3 Å². The number of hydrogen-bond acceptors (Lipinski definition) is 4. The van der Waals surface area contributed by atoms with E-state index in [2.05, 4.69) is 18.7 Å². The Morgan fingerprint density at radius 1 is 1.07 bits per heavy atom. The van der Waals surface area contributed by atoms with Gasteiger partial charge in [-0.3, -0.25) is 4.79 Å². The van der Waals surface area contributed by atoms with Crippen molar-refractivity contribution in [1.82, 2.24) is 4.90 Å². The molecule has 1 saturated heterocycles. The molecule has 0 atom stereocenters. The summed E-state index contributed by atoms with van der Waals surface area (Å²) in [4.78, 5) is 13.8. The number of benzene rings is 1. The van der Waals surface area contributed by atoms with E-state index >= 15 is 0 Å². The molecule has 1 saturated carbocycles. The quantitative estimate of drug-likeness (QED) is 0.615. The van der Waals surface area contributed by atoms with Gasteiger partial charge in [0.1, 0.15) is 5.78 Å². The van der Waals surface area contributed by atoms with Gasteiger partial charge < -0.3 is 9.80 Å². The van der Waals surface area contributed by atoms with Crippen molar-refractivity contribution < 1.29 is 18.0 Å². The standard InChI is InChI=1S/C12H15F3N2.C7H14.C4H5NO/c1-2-16-5-7-17(8-6-16)10-4-3-9(13)11(14)12(10)15;1-7-5-3-2-4-6-7;1-4(6)2-3-5/h3-4H,2,5-8H2,1H3;7H,2-6H2,1H3;2H2,1H3. The summed E-state index contributed by atoms with van der Waals surface area (Å²) in [6, 6.07) is 3.99. The van der Waals surface area contributed by atoms with Gasteiger partial charge in [-0.2, -0.15) is 5.26 Å². The van der Waals surface area contributed by atoms with E-state index in [4.69, 9.17) is 5.26 Å². The van der Waals surface area contributed by atoms with Crippen molar-refractivity contribution in [3.63, 3.8) is 0 Å². The van der Waals surface area contributed by atoms with Crippen LogP contribution < -0.4 is 4.90 Å². The number of anilines is 1. The number of Topliss-reactive ketones (excluding diaryl/α,β-unsaturated/α-hetero) is 1. The summed E-state index contributed by atoms with van der Waals surface area (Å²) in [5.74, 6) is -2.65. The maximum atomic E-state index is 13.6. The summed E-state index contributed by atoms with van der Waals surface area (Å²) in [5, 5.41) is 7.77. The van der Waals surface area contributed by atoms with Crippen LogP contribution in [0.25, 0.3) is 0 Å². The first-order valence-corrected chi connectivity index (χ1v) is 10.8. The molecule has 0 bridgehead atoms. The van der Waals surface area contributed by atoms with E-state index < -0.39 is 17.5 Å². The van der Waals surface area contributed by atoms with Gasteiger partial charge in [0.05, 0.1) is 18.2 Å². The summed E-state index contributed by atoms with van der Waals surface area (Å²) < 4.78 is 39.5. The number of nitrogens with zero attached hydrogens (tertiary/aromatic N) is 3. The summed E-state index contributed by atoms with van der Waals surface area (Å²) >= 11 is 0. The number of ketones is 1. The molecule has 0 N–H and O–H groups in total. The SMILES string of the molecule is CC(=O)CC#N.CC1CCCCC1.CCN1CCN(c2ccc(F)c(F)c2F)CC1. The van der Waals surface area contributed by atoms with Gasteiger partial charge in [-0.25, -0.2) is 13.2 Å². The van der Waals surface area contributed by atoms with Crippen LogP contribution in [0.1, 0.15) is 59.3 Å². The van der Waals surface area contributed by atoms with Crippen molar-refractivity contribution in [2.75, 3.05) is 37.6 Å². The van der Waals surface area contributed by atoms with Gasteiger partial charge in [0.25, 0.3) is 0 Å². The largest absolute Gasteiger partial charge is 0.367 e. The van der Waals surface area contributed by atoms with E-state index in [-0.39, 0.29) is 17.9 Å². The summed E-state index contributed by atoms with van der Waals surface area (Å²) in [6.07, 6.45) is 7.48. The molecule has 3 rings (SSSR count). The summed E-state index contributed by atoms with van der Waals surface area (Å²) in [6.45, 7) is 9.67. The van der Waals surface area contributed by atoms with Gasteiger partial charge in [-0.1, -0.05) is 46.0 Å². The lowest BCUT2D eigenvalue weighted by Crippen LogP contribution is -2.46. The number of halogens is 3. The first-order chi connectivity index (χ1) is 14.3. The van der Waals surface area contributed by atoms with Crippen LogP contribution >= 0.6 is 0 Å². The predicted octanol–water partition coefficient (Wildman–Crippen LogP) is 5.32. The molecule has 30 heavy (non-hydrogen) atoms. The number of piperazine rings is 1. The van der Waals surface area contributed by atoms with Crippen molar-refractivity contribution in [3.8, 4) is 6.07 Å². The molecule has 0 radical (unpaired) electrons. The normalized spacial score (nSPS) is 17.2. The van der Waals surface area contributed by atoms with Crippen molar-refractivity contribution in [3.05, 3.63) is 29.6 Å².